The first-order chi connectivity index (χ1) is 14.1. The van der Waals surface area contributed by atoms with Crippen LogP contribution in [0.4, 0.5) is 5.69 Å². The molecule has 2 aromatic carbocycles. The number of aromatic hydroxyl groups is 1. The van der Waals surface area contributed by atoms with Gasteiger partial charge < -0.3 is 25.0 Å². The van der Waals surface area contributed by atoms with Gasteiger partial charge >= 0.3 is 0 Å². The lowest BCUT2D eigenvalue weighted by atomic mass is 9.75. The number of piperazine rings is 1. The summed E-state index contributed by atoms with van der Waals surface area (Å²) < 4.78 is 6.76. The van der Waals surface area contributed by atoms with Crippen LogP contribution in [0.1, 0.15) is 36.3 Å². The fourth-order valence-corrected chi connectivity index (χ4v) is 5.15. The lowest BCUT2D eigenvalue weighted by Crippen LogP contribution is -2.49. The highest BCUT2D eigenvalue weighted by Gasteiger charge is 2.42. The predicted molar refractivity (Wildman–Crippen MR) is 116 cm³/mol. The van der Waals surface area contributed by atoms with E-state index in [4.69, 9.17) is 4.74 Å². The molecule has 0 saturated carbocycles. The number of hydrogen-bond acceptors (Lipinski definition) is 5. The van der Waals surface area contributed by atoms with Gasteiger partial charge in [-0.15, -0.1) is 0 Å². The average Bonchev–Trinajstić information content (AvgIpc) is 2.74. The van der Waals surface area contributed by atoms with E-state index in [1.54, 1.807) is 6.07 Å². The third-order valence-electron chi connectivity index (χ3n) is 6.93. The average molecular weight is 394 g/mol. The summed E-state index contributed by atoms with van der Waals surface area (Å²) in [5.41, 5.74) is 3.57. The van der Waals surface area contributed by atoms with Crippen LogP contribution in [-0.4, -0.2) is 61.9 Å². The normalized spacial score (nSPS) is 24.2. The van der Waals surface area contributed by atoms with Crippen molar-refractivity contribution in [3.05, 3.63) is 53.6 Å². The van der Waals surface area contributed by atoms with Crippen LogP contribution in [0.2, 0.25) is 0 Å². The zero-order chi connectivity index (χ0) is 19.8. The second kappa shape index (κ2) is 7.54. The minimum atomic E-state index is -0.116. The van der Waals surface area contributed by atoms with Crippen LogP contribution in [0, 0.1) is 0 Å². The molecule has 5 nitrogen and oxygen atoms in total. The molecule has 154 valence electrons. The maximum atomic E-state index is 10.1. The number of ether oxygens (including phenoxy) is 1. The van der Waals surface area contributed by atoms with Crippen molar-refractivity contribution in [2.24, 2.45) is 0 Å². The molecule has 2 aromatic rings. The second-order valence-electron chi connectivity index (χ2n) is 8.90. The molecule has 0 bridgehead atoms. The highest BCUT2D eigenvalue weighted by atomic mass is 16.5. The van der Waals surface area contributed by atoms with Gasteiger partial charge in [-0.05, 0) is 63.2 Å². The Bertz CT molecular complexity index is 870. The first kappa shape index (κ1) is 18.8. The van der Waals surface area contributed by atoms with Gasteiger partial charge in [0.25, 0.3) is 0 Å². The van der Waals surface area contributed by atoms with Crippen LogP contribution >= 0.6 is 0 Å². The number of hydrogen-bond donors (Lipinski definition) is 2. The number of likely N-dealkylation sites (N-methyl/N-ethyl adjacent to an activating group) is 1. The van der Waals surface area contributed by atoms with Crippen molar-refractivity contribution in [3.8, 4) is 11.5 Å². The standard InChI is InChI=1S/C24H31N3O2/c1-26-11-13-27(14-12-26)19-5-6-21-22(18-3-2-4-20(28)15-18)17-24(29-23(21)16-19)7-9-25-10-8-24/h2-6,15-16,22,25,28H,7-14,17H2,1H3. The molecule has 5 heteroatoms. The summed E-state index contributed by atoms with van der Waals surface area (Å²) in [7, 11) is 2.19. The Morgan fingerprint density at radius 2 is 1.83 bits per heavy atom. The number of phenols is 1. The number of piperidine rings is 1. The molecule has 29 heavy (non-hydrogen) atoms. The molecule has 2 N–H and O–H groups in total. The lowest BCUT2D eigenvalue weighted by Gasteiger charge is -2.45. The molecule has 1 atom stereocenters. The smallest absolute Gasteiger partial charge is 0.126 e. The summed E-state index contributed by atoms with van der Waals surface area (Å²) in [6.07, 6.45) is 3.03. The molecule has 2 fully saturated rings. The quantitative estimate of drug-likeness (QED) is 0.821. The molecule has 5 rings (SSSR count). The van der Waals surface area contributed by atoms with Crippen molar-refractivity contribution in [2.75, 3.05) is 51.2 Å². The Kier molecular flexibility index (Phi) is 4.88. The van der Waals surface area contributed by atoms with Gasteiger partial charge in [-0.3, -0.25) is 0 Å². The van der Waals surface area contributed by atoms with Crippen LogP contribution in [0.3, 0.4) is 0 Å². The van der Waals surface area contributed by atoms with Gasteiger partial charge in [-0.25, -0.2) is 0 Å². The number of rotatable bonds is 2. The number of phenolic OH excluding ortho intramolecular Hbond substituents is 1. The SMILES string of the molecule is CN1CCN(c2ccc3c(c2)OC2(CCNCC2)CC3c2cccc(O)c2)CC1. The molecule has 0 amide bonds. The van der Waals surface area contributed by atoms with E-state index in [-0.39, 0.29) is 11.5 Å². The van der Waals surface area contributed by atoms with E-state index in [0.717, 1.165) is 64.3 Å². The Hall–Kier alpha value is -2.24. The zero-order valence-corrected chi connectivity index (χ0v) is 17.2. The summed E-state index contributed by atoms with van der Waals surface area (Å²) in [6.45, 7) is 6.31. The maximum Gasteiger partial charge on any atom is 0.126 e. The number of anilines is 1. The van der Waals surface area contributed by atoms with Crippen molar-refractivity contribution >= 4 is 5.69 Å². The Morgan fingerprint density at radius 3 is 2.59 bits per heavy atom. The van der Waals surface area contributed by atoms with Gasteiger partial charge in [-0.1, -0.05) is 18.2 Å². The molecule has 3 heterocycles. The van der Waals surface area contributed by atoms with Gasteiger partial charge in [0, 0.05) is 49.4 Å². The second-order valence-corrected chi connectivity index (χ2v) is 8.90. The fraction of sp³-hybridized carbons (Fsp3) is 0.500. The molecule has 3 aliphatic rings. The van der Waals surface area contributed by atoms with Crippen molar-refractivity contribution in [1.82, 2.24) is 10.2 Å². The predicted octanol–water partition coefficient (Wildman–Crippen LogP) is 3.18. The van der Waals surface area contributed by atoms with Gasteiger partial charge in [0.1, 0.15) is 17.1 Å². The first-order valence-corrected chi connectivity index (χ1v) is 10.9. The van der Waals surface area contributed by atoms with E-state index < -0.39 is 0 Å². The minimum Gasteiger partial charge on any atom is -0.508 e. The maximum absolute atomic E-state index is 10.1. The summed E-state index contributed by atoms with van der Waals surface area (Å²) >= 11 is 0. The third kappa shape index (κ3) is 3.69. The van der Waals surface area contributed by atoms with E-state index in [1.807, 2.05) is 12.1 Å². The number of nitrogens with zero attached hydrogens (tertiary/aromatic N) is 2. The monoisotopic (exact) mass is 393 g/mol. The van der Waals surface area contributed by atoms with Crippen LogP contribution in [-0.2, 0) is 0 Å². The number of benzene rings is 2. The van der Waals surface area contributed by atoms with Crippen LogP contribution < -0.4 is 15.0 Å². The van der Waals surface area contributed by atoms with E-state index in [2.05, 4.69) is 46.4 Å². The molecular weight excluding hydrogens is 362 g/mol. The van der Waals surface area contributed by atoms with Gasteiger partial charge in [0.15, 0.2) is 0 Å². The van der Waals surface area contributed by atoms with Crippen molar-refractivity contribution < 1.29 is 9.84 Å². The first-order valence-electron chi connectivity index (χ1n) is 10.9. The van der Waals surface area contributed by atoms with E-state index in [1.165, 1.54) is 16.8 Å². The van der Waals surface area contributed by atoms with Crippen LogP contribution in [0.25, 0.3) is 0 Å². The largest absolute Gasteiger partial charge is 0.508 e. The number of nitrogens with one attached hydrogen (secondary N) is 1. The zero-order valence-electron chi connectivity index (χ0n) is 17.2. The Morgan fingerprint density at radius 1 is 1.03 bits per heavy atom. The molecule has 2 saturated heterocycles. The highest BCUT2D eigenvalue weighted by Crippen LogP contribution is 2.48. The van der Waals surface area contributed by atoms with E-state index >= 15 is 0 Å². The van der Waals surface area contributed by atoms with Gasteiger partial charge in [0.2, 0.25) is 0 Å². The van der Waals surface area contributed by atoms with Gasteiger partial charge in [-0.2, -0.15) is 0 Å². The molecular formula is C24H31N3O2. The molecule has 3 aliphatic heterocycles. The summed E-state index contributed by atoms with van der Waals surface area (Å²) in [4.78, 5) is 4.85. The highest BCUT2D eigenvalue weighted by molar-refractivity contribution is 5.57. The van der Waals surface area contributed by atoms with Crippen LogP contribution in [0.15, 0.2) is 42.5 Å². The third-order valence-corrected chi connectivity index (χ3v) is 6.93. The number of fused-ring (bicyclic) bond motifs is 1. The summed E-state index contributed by atoms with van der Waals surface area (Å²) in [5, 5.41) is 13.6. The Labute approximate surface area is 173 Å². The molecule has 1 spiro atoms. The van der Waals surface area contributed by atoms with E-state index in [0.29, 0.717) is 5.75 Å². The lowest BCUT2D eigenvalue weighted by molar-refractivity contribution is 0.0114. The van der Waals surface area contributed by atoms with Crippen LogP contribution in [0.5, 0.6) is 11.5 Å². The Balaban J connectivity index is 1.52. The summed E-state index contributed by atoms with van der Waals surface area (Å²) in [6, 6.07) is 14.5. The molecule has 0 radical (unpaired) electrons. The minimum absolute atomic E-state index is 0.116. The molecule has 0 aliphatic carbocycles. The van der Waals surface area contributed by atoms with Crippen molar-refractivity contribution in [2.45, 2.75) is 30.8 Å². The van der Waals surface area contributed by atoms with E-state index in [9.17, 15) is 5.11 Å². The topological polar surface area (TPSA) is 48.0 Å². The fourth-order valence-electron chi connectivity index (χ4n) is 5.15. The van der Waals surface area contributed by atoms with Gasteiger partial charge in [0.05, 0.1) is 0 Å². The van der Waals surface area contributed by atoms with Crippen molar-refractivity contribution in [1.29, 1.82) is 0 Å². The van der Waals surface area contributed by atoms with Crippen molar-refractivity contribution in [3.63, 3.8) is 0 Å². The molecule has 1 unspecified atom stereocenters. The summed E-state index contributed by atoms with van der Waals surface area (Å²) in [5.74, 6) is 1.62. The molecule has 0 aromatic heterocycles.